The SMILES string of the molecule is COC/C=C\C=C/N. The second-order valence-electron chi connectivity index (χ2n) is 1.27. The van der Waals surface area contributed by atoms with Gasteiger partial charge in [0.15, 0.2) is 0 Å². The predicted molar refractivity (Wildman–Crippen MR) is 34.3 cm³/mol. The van der Waals surface area contributed by atoms with Gasteiger partial charge < -0.3 is 10.5 Å². The van der Waals surface area contributed by atoms with Crippen LogP contribution in [0.4, 0.5) is 0 Å². The van der Waals surface area contributed by atoms with E-state index >= 15 is 0 Å². The molecule has 2 nitrogen and oxygen atoms in total. The molecule has 0 aliphatic rings. The topological polar surface area (TPSA) is 35.2 Å². The number of hydrogen-bond donors (Lipinski definition) is 1. The number of allylic oxidation sites excluding steroid dienone is 2. The van der Waals surface area contributed by atoms with Crippen LogP contribution >= 0.6 is 0 Å². The van der Waals surface area contributed by atoms with Crippen molar-refractivity contribution >= 4 is 0 Å². The van der Waals surface area contributed by atoms with Crippen molar-refractivity contribution < 1.29 is 4.74 Å². The Morgan fingerprint density at radius 2 is 2.25 bits per heavy atom. The van der Waals surface area contributed by atoms with Crippen molar-refractivity contribution in [3.63, 3.8) is 0 Å². The summed E-state index contributed by atoms with van der Waals surface area (Å²) in [5, 5.41) is 0. The van der Waals surface area contributed by atoms with Gasteiger partial charge in [-0.3, -0.25) is 0 Å². The van der Waals surface area contributed by atoms with Gasteiger partial charge in [-0.05, 0) is 12.3 Å². The molecule has 0 spiro atoms. The molecule has 2 N–H and O–H groups in total. The Kier molecular flexibility index (Phi) is 5.65. The first kappa shape index (κ1) is 7.24. The summed E-state index contributed by atoms with van der Waals surface area (Å²) >= 11 is 0. The summed E-state index contributed by atoms with van der Waals surface area (Å²) in [6.45, 7) is 0.643. The highest BCUT2D eigenvalue weighted by atomic mass is 16.5. The van der Waals surface area contributed by atoms with Gasteiger partial charge in [-0.15, -0.1) is 0 Å². The van der Waals surface area contributed by atoms with Crippen molar-refractivity contribution in [2.24, 2.45) is 5.73 Å². The summed E-state index contributed by atoms with van der Waals surface area (Å²) < 4.78 is 4.73. The molecule has 0 atom stereocenters. The van der Waals surface area contributed by atoms with Crippen LogP contribution < -0.4 is 5.73 Å². The van der Waals surface area contributed by atoms with Crippen LogP contribution in [0.5, 0.6) is 0 Å². The van der Waals surface area contributed by atoms with E-state index in [1.165, 1.54) is 6.20 Å². The van der Waals surface area contributed by atoms with E-state index in [4.69, 9.17) is 10.5 Å². The third kappa shape index (κ3) is 5.24. The third-order valence-electron chi connectivity index (χ3n) is 0.621. The smallest absolute Gasteiger partial charge is 0.0646 e. The van der Waals surface area contributed by atoms with Crippen LogP contribution in [0, 0.1) is 0 Å². The van der Waals surface area contributed by atoms with Crippen LogP contribution in [0.2, 0.25) is 0 Å². The van der Waals surface area contributed by atoms with Gasteiger partial charge >= 0.3 is 0 Å². The Bertz CT molecular complexity index is 86.5. The molecule has 0 amide bonds. The molecule has 0 aromatic heterocycles. The molecule has 46 valence electrons. The quantitative estimate of drug-likeness (QED) is 0.546. The van der Waals surface area contributed by atoms with Gasteiger partial charge in [-0.1, -0.05) is 12.2 Å². The standard InChI is InChI=1S/C6H11NO/c1-8-6-4-2-3-5-7/h2-5H,6-7H2,1H3/b4-2-,5-3-. The minimum Gasteiger partial charge on any atom is -0.405 e. The molecule has 0 unspecified atom stereocenters. The lowest BCUT2D eigenvalue weighted by molar-refractivity contribution is 0.234. The lowest BCUT2D eigenvalue weighted by atomic mass is 10.5. The van der Waals surface area contributed by atoms with Crippen LogP contribution in [-0.2, 0) is 4.74 Å². The molecule has 0 aromatic carbocycles. The zero-order chi connectivity index (χ0) is 6.24. The van der Waals surface area contributed by atoms with Crippen LogP contribution in [-0.4, -0.2) is 13.7 Å². The molecule has 0 aliphatic carbocycles. The van der Waals surface area contributed by atoms with Crippen molar-refractivity contribution in [2.75, 3.05) is 13.7 Å². The highest BCUT2D eigenvalue weighted by molar-refractivity contribution is 5.00. The number of hydrogen-bond acceptors (Lipinski definition) is 2. The van der Waals surface area contributed by atoms with Crippen molar-refractivity contribution in [3.8, 4) is 0 Å². The minimum atomic E-state index is 0.643. The Morgan fingerprint density at radius 3 is 2.75 bits per heavy atom. The van der Waals surface area contributed by atoms with Crippen molar-refractivity contribution in [1.82, 2.24) is 0 Å². The number of rotatable bonds is 3. The lowest BCUT2D eigenvalue weighted by Gasteiger charge is -1.82. The van der Waals surface area contributed by atoms with Gasteiger partial charge in [-0.2, -0.15) is 0 Å². The summed E-state index contributed by atoms with van der Waals surface area (Å²) in [6, 6.07) is 0. The predicted octanol–water partition coefficient (Wildman–Crippen LogP) is 0.661. The van der Waals surface area contributed by atoms with Crippen LogP contribution in [0.3, 0.4) is 0 Å². The Balaban J connectivity index is 3.07. The molecular formula is C6H11NO. The molecule has 8 heavy (non-hydrogen) atoms. The maximum atomic E-state index is 5.04. The molecule has 0 fully saturated rings. The Labute approximate surface area is 49.6 Å². The first-order valence-corrected chi connectivity index (χ1v) is 2.44. The molecule has 0 bridgehead atoms. The molecule has 0 aliphatic heterocycles. The lowest BCUT2D eigenvalue weighted by Crippen LogP contribution is -1.79. The van der Waals surface area contributed by atoms with E-state index in [2.05, 4.69) is 0 Å². The molecule has 0 saturated heterocycles. The highest BCUT2D eigenvalue weighted by Crippen LogP contribution is 1.73. The third-order valence-corrected chi connectivity index (χ3v) is 0.621. The van der Waals surface area contributed by atoms with Crippen LogP contribution in [0.15, 0.2) is 24.4 Å². The summed E-state index contributed by atoms with van der Waals surface area (Å²) in [5.41, 5.74) is 5.04. The summed E-state index contributed by atoms with van der Waals surface area (Å²) in [5.74, 6) is 0. The molecular weight excluding hydrogens is 102 g/mol. The fourth-order valence-electron chi connectivity index (χ4n) is 0.294. The maximum absolute atomic E-state index is 5.04. The van der Waals surface area contributed by atoms with Crippen molar-refractivity contribution in [2.45, 2.75) is 0 Å². The highest BCUT2D eigenvalue weighted by Gasteiger charge is 1.65. The minimum absolute atomic E-state index is 0.643. The Morgan fingerprint density at radius 1 is 1.50 bits per heavy atom. The normalized spacial score (nSPS) is 11.6. The fourth-order valence-corrected chi connectivity index (χ4v) is 0.294. The van der Waals surface area contributed by atoms with E-state index in [-0.39, 0.29) is 0 Å². The first-order valence-electron chi connectivity index (χ1n) is 2.44. The van der Waals surface area contributed by atoms with Gasteiger partial charge in [0.05, 0.1) is 6.61 Å². The average Bonchev–Trinajstić information content (AvgIpc) is 1.81. The molecule has 0 radical (unpaired) electrons. The summed E-state index contributed by atoms with van der Waals surface area (Å²) in [7, 11) is 1.65. The van der Waals surface area contributed by atoms with Gasteiger partial charge in [0.25, 0.3) is 0 Å². The van der Waals surface area contributed by atoms with Crippen LogP contribution in [0.25, 0.3) is 0 Å². The summed E-state index contributed by atoms with van der Waals surface area (Å²) in [6.07, 6.45) is 6.94. The first-order chi connectivity index (χ1) is 3.91. The number of methoxy groups -OCH3 is 1. The van der Waals surface area contributed by atoms with E-state index in [9.17, 15) is 0 Å². The summed E-state index contributed by atoms with van der Waals surface area (Å²) in [4.78, 5) is 0. The zero-order valence-corrected chi connectivity index (χ0v) is 5.00. The fraction of sp³-hybridized carbons (Fsp3) is 0.333. The molecule has 0 rings (SSSR count). The van der Waals surface area contributed by atoms with E-state index in [0.29, 0.717) is 6.61 Å². The monoisotopic (exact) mass is 113 g/mol. The Hall–Kier alpha value is -0.760. The maximum Gasteiger partial charge on any atom is 0.0646 e. The number of ether oxygens (including phenoxy) is 1. The largest absolute Gasteiger partial charge is 0.405 e. The van der Waals surface area contributed by atoms with Gasteiger partial charge in [-0.25, -0.2) is 0 Å². The molecule has 0 heterocycles. The van der Waals surface area contributed by atoms with E-state index in [1.54, 1.807) is 13.2 Å². The molecule has 0 saturated carbocycles. The van der Waals surface area contributed by atoms with E-state index in [1.807, 2.05) is 12.2 Å². The molecule has 2 heteroatoms. The van der Waals surface area contributed by atoms with Gasteiger partial charge in [0.2, 0.25) is 0 Å². The van der Waals surface area contributed by atoms with Crippen molar-refractivity contribution in [1.29, 1.82) is 0 Å². The van der Waals surface area contributed by atoms with Crippen LogP contribution in [0.1, 0.15) is 0 Å². The van der Waals surface area contributed by atoms with E-state index in [0.717, 1.165) is 0 Å². The van der Waals surface area contributed by atoms with Gasteiger partial charge in [0, 0.05) is 7.11 Å². The van der Waals surface area contributed by atoms with Gasteiger partial charge in [0.1, 0.15) is 0 Å². The second-order valence-corrected chi connectivity index (χ2v) is 1.27. The zero-order valence-electron chi connectivity index (χ0n) is 5.00. The number of nitrogens with two attached hydrogens (primary N) is 1. The van der Waals surface area contributed by atoms with E-state index < -0.39 is 0 Å². The average molecular weight is 113 g/mol. The second kappa shape index (κ2) is 6.24. The molecule has 0 aromatic rings. The van der Waals surface area contributed by atoms with Crippen molar-refractivity contribution in [3.05, 3.63) is 24.4 Å².